The predicted molar refractivity (Wildman–Crippen MR) is 86.5 cm³/mol. The van der Waals surface area contributed by atoms with Gasteiger partial charge in [0.05, 0.1) is 11.6 Å². The molecule has 1 aromatic carbocycles. The van der Waals surface area contributed by atoms with E-state index in [2.05, 4.69) is 24.1 Å². The lowest BCUT2D eigenvalue weighted by Crippen LogP contribution is -2.31. The number of aromatic nitrogens is 1. The molecule has 5 heteroatoms. The minimum atomic E-state index is -0.263. The van der Waals surface area contributed by atoms with Crippen molar-refractivity contribution in [3.8, 4) is 0 Å². The molecule has 116 valence electrons. The van der Waals surface area contributed by atoms with Crippen LogP contribution in [0.25, 0.3) is 10.9 Å². The highest BCUT2D eigenvalue weighted by Crippen LogP contribution is 2.25. The first kappa shape index (κ1) is 14.6. The zero-order valence-electron chi connectivity index (χ0n) is 12.9. The third kappa shape index (κ3) is 2.84. The fraction of sp³-hybridized carbons (Fsp3) is 0.412. The molecule has 2 N–H and O–H groups in total. The zero-order valence-corrected chi connectivity index (χ0v) is 12.9. The highest BCUT2D eigenvalue weighted by atomic mass is 16.2. The minimum absolute atomic E-state index is 0.0756. The number of H-pyrrole nitrogens is 1. The number of anilines is 1. The summed E-state index contributed by atoms with van der Waals surface area (Å²) in [5.41, 5.74) is 1.78. The van der Waals surface area contributed by atoms with Gasteiger partial charge >= 0.3 is 0 Å². The number of carbonyl (C=O) groups excluding carboxylic acids is 2. The van der Waals surface area contributed by atoms with Crippen molar-refractivity contribution < 1.29 is 9.59 Å². The molecule has 2 aromatic rings. The monoisotopic (exact) mass is 299 g/mol. The first-order chi connectivity index (χ1) is 10.5. The van der Waals surface area contributed by atoms with Crippen LogP contribution in [0, 0.1) is 11.8 Å². The van der Waals surface area contributed by atoms with E-state index in [-0.39, 0.29) is 17.7 Å². The quantitative estimate of drug-likeness (QED) is 0.911. The molecule has 2 heterocycles. The fourth-order valence-corrected chi connectivity index (χ4v) is 2.99. The molecule has 0 radical (unpaired) electrons. The van der Waals surface area contributed by atoms with E-state index in [4.69, 9.17) is 0 Å². The van der Waals surface area contributed by atoms with Gasteiger partial charge in [0.2, 0.25) is 11.8 Å². The van der Waals surface area contributed by atoms with Crippen LogP contribution in [0.2, 0.25) is 0 Å². The van der Waals surface area contributed by atoms with E-state index in [1.165, 1.54) is 0 Å². The standard InChI is InChI=1S/C17H21N3O2/c1-11(2)9-20-10-12(8-16(20)21)17(22)19-15-5-3-4-14-13(15)6-7-18-14/h3-7,11-12,18H,8-10H2,1-2H3,(H,19,22)/t12-/m0/s1. The van der Waals surface area contributed by atoms with Gasteiger partial charge in [-0.15, -0.1) is 0 Å². The van der Waals surface area contributed by atoms with E-state index in [1.807, 2.05) is 30.5 Å². The average Bonchev–Trinajstić information content (AvgIpc) is 3.06. The molecule has 1 saturated heterocycles. The van der Waals surface area contributed by atoms with Crippen molar-refractivity contribution >= 4 is 28.4 Å². The summed E-state index contributed by atoms with van der Waals surface area (Å²) in [5, 5.41) is 3.95. The van der Waals surface area contributed by atoms with Crippen molar-refractivity contribution in [1.29, 1.82) is 0 Å². The Kier molecular flexibility index (Phi) is 3.88. The minimum Gasteiger partial charge on any atom is -0.361 e. The molecule has 0 bridgehead atoms. The van der Waals surface area contributed by atoms with Gasteiger partial charge in [0.15, 0.2) is 0 Å². The number of hydrogen-bond acceptors (Lipinski definition) is 2. The number of fused-ring (bicyclic) bond motifs is 1. The zero-order chi connectivity index (χ0) is 15.7. The number of nitrogens with one attached hydrogen (secondary N) is 2. The molecular weight excluding hydrogens is 278 g/mol. The van der Waals surface area contributed by atoms with Crippen molar-refractivity contribution in [3.63, 3.8) is 0 Å². The number of nitrogens with zero attached hydrogens (tertiary/aromatic N) is 1. The first-order valence-electron chi connectivity index (χ1n) is 7.69. The summed E-state index contributed by atoms with van der Waals surface area (Å²) >= 11 is 0. The van der Waals surface area contributed by atoms with Crippen molar-refractivity contribution in [3.05, 3.63) is 30.5 Å². The van der Waals surface area contributed by atoms with Crippen LogP contribution in [0.3, 0.4) is 0 Å². The van der Waals surface area contributed by atoms with Crippen molar-refractivity contribution in [2.24, 2.45) is 11.8 Å². The van der Waals surface area contributed by atoms with Crippen LogP contribution >= 0.6 is 0 Å². The Morgan fingerprint density at radius 1 is 1.41 bits per heavy atom. The van der Waals surface area contributed by atoms with Gasteiger partial charge in [-0.1, -0.05) is 19.9 Å². The molecule has 3 rings (SSSR count). The van der Waals surface area contributed by atoms with Crippen LogP contribution in [-0.4, -0.2) is 34.8 Å². The normalized spacial score (nSPS) is 18.4. The topological polar surface area (TPSA) is 65.2 Å². The van der Waals surface area contributed by atoms with E-state index in [0.29, 0.717) is 18.9 Å². The van der Waals surface area contributed by atoms with Gasteiger partial charge in [-0.3, -0.25) is 9.59 Å². The summed E-state index contributed by atoms with van der Waals surface area (Å²) < 4.78 is 0. The summed E-state index contributed by atoms with van der Waals surface area (Å²) in [6.45, 7) is 5.39. The van der Waals surface area contributed by atoms with Crippen LogP contribution in [-0.2, 0) is 9.59 Å². The van der Waals surface area contributed by atoms with Gasteiger partial charge in [-0.25, -0.2) is 0 Å². The van der Waals surface area contributed by atoms with Crippen LogP contribution < -0.4 is 5.32 Å². The lowest BCUT2D eigenvalue weighted by molar-refractivity contribution is -0.128. The highest BCUT2D eigenvalue weighted by Gasteiger charge is 2.34. The van der Waals surface area contributed by atoms with E-state index >= 15 is 0 Å². The second-order valence-corrected chi connectivity index (χ2v) is 6.33. The summed E-state index contributed by atoms with van der Waals surface area (Å²) in [6, 6.07) is 7.69. The van der Waals surface area contributed by atoms with Gasteiger partial charge < -0.3 is 15.2 Å². The largest absolute Gasteiger partial charge is 0.361 e. The molecule has 0 unspecified atom stereocenters. The molecule has 0 saturated carbocycles. The molecule has 2 amide bonds. The summed E-state index contributed by atoms with van der Waals surface area (Å²) in [6.07, 6.45) is 2.16. The number of carbonyl (C=O) groups is 2. The Morgan fingerprint density at radius 2 is 2.23 bits per heavy atom. The highest BCUT2D eigenvalue weighted by molar-refractivity contribution is 6.03. The van der Waals surface area contributed by atoms with Gasteiger partial charge in [0.1, 0.15) is 0 Å². The van der Waals surface area contributed by atoms with E-state index in [0.717, 1.165) is 23.1 Å². The second kappa shape index (κ2) is 5.83. The van der Waals surface area contributed by atoms with E-state index < -0.39 is 0 Å². The average molecular weight is 299 g/mol. The molecular formula is C17H21N3O2. The molecule has 1 aliphatic heterocycles. The fourth-order valence-electron chi connectivity index (χ4n) is 2.99. The molecule has 5 nitrogen and oxygen atoms in total. The smallest absolute Gasteiger partial charge is 0.229 e. The lowest BCUT2D eigenvalue weighted by atomic mass is 10.1. The van der Waals surface area contributed by atoms with Gasteiger partial charge in [-0.05, 0) is 24.1 Å². The van der Waals surface area contributed by atoms with Crippen LogP contribution in [0.1, 0.15) is 20.3 Å². The molecule has 22 heavy (non-hydrogen) atoms. The SMILES string of the molecule is CC(C)CN1C[C@@H](C(=O)Nc2cccc3[nH]ccc23)CC1=O. The number of rotatable bonds is 4. The van der Waals surface area contributed by atoms with E-state index in [1.54, 1.807) is 4.90 Å². The Bertz CT molecular complexity index is 705. The van der Waals surface area contributed by atoms with E-state index in [9.17, 15) is 9.59 Å². The van der Waals surface area contributed by atoms with Crippen LogP contribution in [0.15, 0.2) is 30.5 Å². The Balaban J connectivity index is 1.70. The lowest BCUT2D eigenvalue weighted by Gasteiger charge is -2.18. The van der Waals surface area contributed by atoms with Crippen molar-refractivity contribution in [2.75, 3.05) is 18.4 Å². The van der Waals surface area contributed by atoms with Gasteiger partial charge in [-0.2, -0.15) is 0 Å². The molecule has 1 fully saturated rings. The Hall–Kier alpha value is -2.30. The number of amides is 2. The third-order valence-electron chi connectivity index (χ3n) is 4.02. The summed E-state index contributed by atoms with van der Waals surface area (Å²) in [5.74, 6) is 0.154. The van der Waals surface area contributed by atoms with Crippen LogP contribution in [0.4, 0.5) is 5.69 Å². The Morgan fingerprint density at radius 3 is 3.00 bits per heavy atom. The second-order valence-electron chi connectivity index (χ2n) is 6.33. The molecule has 0 aliphatic carbocycles. The van der Waals surface area contributed by atoms with Crippen molar-refractivity contribution in [1.82, 2.24) is 9.88 Å². The van der Waals surface area contributed by atoms with Gasteiger partial charge in [0, 0.05) is 36.6 Å². The van der Waals surface area contributed by atoms with Crippen molar-refractivity contribution in [2.45, 2.75) is 20.3 Å². The number of likely N-dealkylation sites (tertiary alicyclic amines) is 1. The number of aromatic amines is 1. The predicted octanol–water partition coefficient (Wildman–Crippen LogP) is 2.61. The maximum atomic E-state index is 12.5. The maximum absolute atomic E-state index is 12.5. The Labute approximate surface area is 129 Å². The summed E-state index contributed by atoms with van der Waals surface area (Å²) in [4.78, 5) is 29.4. The summed E-state index contributed by atoms with van der Waals surface area (Å²) in [7, 11) is 0. The number of benzene rings is 1. The number of hydrogen-bond donors (Lipinski definition) is 2. The third-order valence-corrected chi connectivity index (χ3v) is 4.02. The molecule has 1 atom stereocenters. The molecule has 1 aliphatic rings. The van der Waals surface area contributed by atoms with Crippen LogP contribution in [0.5, 0.6) is 0 Å². The maximum Gasteiger partial charge on any atom is 0.229 e. The molecule has 0 spiro atoms. The first-order valence-corrected chi connectivity index (χ1v) is 7.69. The van der Waals surface area contributed by atoms with Gasteiger partial charge in [0.25, 0.3) is 0 Å². The molecule has 1 aromatic heterocycles.